The quantitative estimate of drug-likeness (QED) is 0.598. The molecule has 0 aliphatic carbocycles. The zero-order valence-corrected chi connectivity index (χ0v) is 20.6. The number of amides is 2. The summed E-state index contributed by atoms with van der Waals surface area (Å²) in [6, 6.07) is 11.5. The lowest BCUT2D eigenvalue weighted by molar-refractivity contribution is -0.139. The van der Waals surface area contributed by atoms with Crippen LogP contribution in [0.25, 0.3) is 0 Å². The van der Waals surface area contributed by atoms with E-state index in [1.807, 2.05) is 19.9 Å². The smallest absolute Gasteiger partial charge is 0.244 e. The molecule has 1 atom stereocenters. The van der Waals surface area contributed by atoms with E-state index in [0.29, 0.717) is 17.3 Å². The summed E-state index contributed by atoms with van der Waals surface area (Å²) >= 11 is 5.96. The topological polar surface area (TPSA) is 86.8 Å². The average Bonchev–Trinajstić information content (AvgIpc) is 2.69. The van der Waals surface area contributed by atoms with E-state index < -0.39 is 28.5 Å². The van der Waals surface area contributed by atoms with Gasteiger partial charge in [-0.2, -0.15) is 0 Å². The molecule has 0 radical (unpaired) electrons. The molecule has 0 saturated carbocycles. The van der Waals surface area contributed by atoms with E-state index in [9.17, 15) is 18.0 Å². The van der Waals surface area contributed by atoms with Gasteiger partial charge in [-0.25, -0.2) is 8.42 Å². The molecule has 2 aromatic carbocycles. The molecule has 0 fully saturated rings. The number of rotatable bonds is 9. The number of carbonyl (C=O) groups excluding carboxylic acids is 2. The SMILES string of the molecule is CCNC(=O)[C@@H](C)N(Cc1ccc(Cl)cc1)C(=O)CN(c1cc(C)cc(C)c1)S(C)(=O)=O. The molecule has 0 aliphatic rings. The molecule has 174 valence electrons. The minimum atomic E-state index is -3.75. The fraction of sp³-hybridized carbons (Fsp3) is 0.391. The van der Waals surface area contributed by atoms with Gasteiger partial charge in [0.15, 0.2) is 0 Å². The second-order valence-electron chi connectivity index (χ2n) is 7.83. The molecule has 0 aromatic heterocycles. The average molecular weight is 480 g/mol. The molecule has 2 rings (SSSR count). The van der Waals surface area contributed by atoms with E-state index in [-0.39, 0.29) is 12.5 Å². The third-order valence-electron chi connectivity index (χ3n) is 4.96. The third kappa shape index (κ3) is 6.97. The highest BCUT2D eigenvalue weighted by Gasteiger charge is 2.30. The van der Waals surface area contributed by atoms with Gasteiger partial charge in [0.2, 0.25) is 21.8 Å². The highest BCUT2D eigenvalue weighted by atomic mass is 35.5. The van der Waals surface area contributed by atoms with Crippen molar-refractivity contribution in [2.24, 2.45) is 0 Å². The Bertz CT molecular complexity index is 1050. The third-order valence-corrected chi connectivity index (χ3v) is 6.35. The van der Waals surface area contributed by atoms with Gasteiger partial charge in [0, 0.05) is 18.1 Å². The molecular formula is C23H30ClN3O4S. The molecule has 0 bridgehead atoms. The van der Waals surface area contributed by atoms with Crippen molar-refractivity contribution in [3.63, 3.8) is 0 Å². The van der Waals surface area contributed by atoms with E-state index in [2.05, 4.69) is 5.32 Å². The van der Waals surface area contributed by atoms with Crippen LogP contribution < -0.4 is 9.62 Å². The molecule has 1 N–H and O–H groups in total. The van der Waals surface area contributed by atoms with Gasteiger partial charge in [-0.3, -0.25) is 13.9 Å². The van der Waals surface area contributed by atoms with Gasteiger partial charge in [0.05, 0.1) is 11.9 Å². The van der Waals surface area contributed by atoms with Crippen molar-refractivity contribution in [1.82, 2.24) is 10.2 Å². The molecule has 7 nitrogen and oxygen atoms in total. The van der Waals surface area contributed by atoms with Crippen LogP contribution in [-0.4, -0.2) is 50.5 Å². The first-order valence-electron chi connectivity index (χ1n) is 10.3. The molecule has 0 unspecified atom stereocenters. The van der Waals surface area contributed by atoms with Gasteiger partial charge in [-0.1, -0.05) is 29.8 Å². The Morgan fingerprint density at radius 2 is 1.62 bits per heavy atom. The lowest BCUT2D eigenvalue weighted by Gasteiger charge is -2.31. The van der Waals surface area contributed by atoms with Crippen LogP contribution in [0.15, 0.2) is 42.5 Å². The minimum absolute atomic E-state index is 0.138. The predicted molar refractivity (Wildman–Crippen MR) is 128 cm³/mol. The summed E-state index contributed by atoms with van der Waals surface area (Å²) in [4.78, 5) is 27.3. The van der Waals surface area contributed by atoms with Crippen molar-refractivity contribution in [3.05, 3.63) is 64.2 Å². The number of aryl methyl sites for hydroxylation is 2. The standard InChI is InChI=1S/C23H30ClN3O4S/c1-6-25-23(29)18(4)26(14-19-7-9-20(24)10-8-19)22(28)15-27(32(5,30)31)21-12-16(2)11-17(3)13-21/h7-13,18H,6,14-15H2,1-5H3,(H,25,29)/t18-/m1/s1. The maximum atomic E-state index is 13.4. The Balaban J connectivity index is 2.40. The largest absolute Gasteiger partial charge is 0.355 e. The molecule has 0 saturated heterocycles. The van der Waals surface area contributed by atoms with Gasteiger partial charge < -0.3 is 10.2 Å². The molecular weight excluding hydrogens is 450 g/mol. The monoisotopic (exact) mass is 479 g/mol. The maximum absolute atomic E-state index is 13.4. The summed E-state index contributed by atoms with van der Waals surface area (Å²) in [6.45, 7) is 7.29. The minimum Gasteiger partial charge on any atom is -0.355 e. The maximum Gasteiger partial charge on any atom is 0.244 e. The Hall–Kier alpha value is -2.58. The second-order valence-corrected chi connectivity index (χ2v) is 10.2. The van der Waals surface area contributed by atoms with Crippen molar-refractivity contribution in [3.8, 4) is 0 Å². The van der Waals surface area contributed by atoms with Crippen molar-refractivity contribution in [1.29, 1.82) is 0 Å². The predicted octanol–water partition coefficient (Wildman–Crippen LogP) is 3.28. The number of hydrogen-bond acceptors (Lipinski definition) is 4. The number of hydrogen-bond donors (Lipinski definition) is 1. The summed E-state index contributed by atoms with van der Waals surface area (Å²) in [5.74, 6) is -0.796. The number of benzene rings is 2. The summed E-state index contributed by atoms with van der Waals surface area (Å²) in [6.07, 6.45) is 1.06. The van der Waals surface area contributed by atoms with Crippen molar-refractivity contribution >= 4 is 39.1 Å². The van der Waals surface area contributed by atoms with Crippen molar-refractivity contribution in [2.75, 3.05) is 23.7 Å². The Kier molecular flexibility index (Phi) is 8.69. The van der Waals surface area contributed by atoms with Gasteiger partial charge in [0.25, 0.3) is 0 Å². The van der Waals surface area contributed by atoms with Gasteiger partial charge in [-0.15, -0.1) is 0 Å². The number of likely N-dealkylation sites (N-methyl/N-ethyl adjacent to an activating group) is 1. The van der Waals surface area contributed by atoms with E-state index >= 15 is 0 Å². The second kappa shape index (κ2) is 10.8. The van der Waals surface area contributed by atoms with Crippen molar-refractivity contribution < 1.29 is 18.0 Å². The fourth-order valence-electron chi connectivity index (χ4n) is 3.40. The van der Waals surface area contributed by atoms with Crippen LogP contribution in [0.2, 0.25) is 5.02 Å². The Labute approximate surface area is 195 Å². The molecule has 2 amide bonds. The Morgan fingerprint density at radius 3 is 2.12 bits per heavy atom. The zero-order valence-electron chi connectivity index (χ0n) is 19.1. The van der Waals surface area contributed by atoms with Crippen LogP contribution in [0.1, 0.15) is 30.5 Å². The molecule has 0 heterocycles. The van der Waals surface area contributed by atoms with Gasteiger partial charge in [0.1, 0.15) is 12.6 Å². The lowest BCUT2D eigenvalue weighted by atomic mass is 10.1. The number of sulfonamides is 1. The lowest BCUT2D eigenvalue weighted by Crippen LogP contribution is -2.51. The number of nitrogens with one attached hydrogen (secondary N) is 1. The molecule has 9 heteroatoms. The number of halogens is 1. The van der Waals surface area contributed by atoms with E-state index in [4.69, 9.17) is 11.6 Å². The number of anilines is 1. The molecule has 0 spiro atoms. The van der Waals surface area contributed by atoms with Crippen LogP contribution in [0.3, 0.4) is 0 Å². The van der Waals surface area contributed by atoms with Gasteiger partial charge >= 0.3 is 0 Å². The van der Waals surface area contributed by atoms with E-state index in [1.165, 1.54) is 4.90 Å². The summed E-state index contributed by atoms with van der Waals surface area (Å²) in [5.41, 5.74) is 2.95. The van der Waals surface area contributed by atoms with Crippen LogP contribution >= 0.6 is 11.6 Å². The van der Waals surface area contributed by atoms with Crippen LogP contribution in [0.5, 0.6) is 0 Å². The fourth-order valence-corrected chi connectivity index (χ4v) is 4.36. The normalized spacial score (nSPS) is 12.2. The van der Waals surface area contributed by atoms with E-state index in [1.54, 1.807) is 50.2 Å². The zero-order chi connectivity index (χ0) is 24.1. The highest BCUT2D eigenvalue weighted by Crippen LogP contribution is 2.22. The van der Waals surface area contributed by atoms with Gasteiger partial charge in [-0.05, 0) is 68.7 Å². The molecule has 32 heavy (non-hydrogen) atoms. The summed E-state index contributed by atoms with van der Waals surface area (Å²) < 4.78 is 26.2. The van der Waals surface area contributed by atoms with Crippen LogP contribution in [-0.2, 0) is 26.2 Å². The van der Waals surface area contributed by atoms with Crippen LogP contribution in [0, 0.1) is 13.8 Å². The summed E-state index contributed by atoms with van der Waals surface area (Å²) in [7, 11) is -3.75. The Morgan fingerprint density at radius 1 is 1.06 bits per heavy atom. The highest BCUT2D eigenvalue weighted by molar-refractivity contribution is 7.92. The molecule has 2 aromatic rings. The number of carbonyl (C=O) groups is 2. The first kappa shape index (κ1) is 25.7. The molecule has 0 aliphatic heterocycles. The first-order chi connectivity index (χ1) is 14.9. The van der Waals surface area contributed by atoms with Crippen LogP contribution in [0.4, 0.5) is 5.69 Å². The van der Waals surface area contributed by atoms with Crippen molar-refractivity contribution in [2.45, 2.75) is 40.3 Å². The first-order valence-corrected chi connectivity index (χ1v) is 12.5. The van der Waals surface area contributed by atoms with E-state index in [0.717, 1.165) is 27.3 Å². The number of nitrogens with zero attached hydrogens (tertiary/aromatic N) is 2. The summed E-state index contributed by atoms with van der Waals surface area (Å²) in [5, 5.41) is 3.28.